The van der Waals surface area contributed by atoms with E-state index in [2.05, 4.69) is 15.3 Å². The molecule has 0 radical (unpaired) electrons. The van der Waals surface area contributed by atoms with E-state index < -0.39 is 5.82 Å². The van der Waals surface area contributed by atoms with Crippen LogP contribution in [0.1, 0.15) is 5.56 Å². The average Bonchev–Trinajstić information content (AvgIpc) is 3.19. The molecule has 3 heterocycles. The van der Waals surface area contributed by atoms with Crippen molar-refractivity contribution in [3.8, 4) is 11.1 Å². The number of hydrogen-bond acceptors (Lipinski definition) is 6. The second kappa shape index (κ2) is 6.38. The van der Waals surface area contributed by atoms with E-state index >= 15 is 0 Å². The number of anilines is 3. The van der Waals surface area contributed by atoms with E-state index in [1.54, 1.807) is 25.3 Å². The number of carbonyl (C=O) groups is 1. The largest absolute Gasteiger partial charge is 0.397 e. The molecule has 1 saturated heterocycles. The average molecular weight is 393 g/mol. The standard InChI is InChI=1S/C21H20FN5O2/c1-9-12(4-25-6-16(9)23)11-2-10-3-17(26-5-13(10)20(24)19(11)22)27-21(28)18-14-7-29-8-15(14)18/h2-6,14-15,18H,7-8,23-24H2,1H3,(H,26,27,28). The molecule has 2 aromatic heterocycles. The minimum Gasteiger partial charge on any atom is -0.397 e. The van der Waals surface area contributed by atoms with Crippen molar-refractivity contribution in [3.63, 3.8) is 0 Å². The fourth-order valence-corrected chi connectivity index (χ4v) is 4.21. The number of nitrogens with zero attached hydrogens (tertiary/aromatic N) is 2. The number of carbonyl (C=O) groups excluding carboxylic acids is 1. The van der Waals surface area contributed by atoms with Crippen molar-refractivity contribution < 1.29 is 13.9 Å². The van der Waals surface area contributed by atoms with E-state index in [9.17, 15) is 9.18 Å². The first-order valence-corrected chi connectivity index (χ1v) is 9.42. The lowest BCUT2D eigenvalue weighted by atomic mass is 9.97. The summed E-state index contributed by atoms with van der Waals surface area (Å²) in [6.07, 6.45) is 4.57. The maximum Gasteiger partial charge on any atom is 0.229 e. The van der Waals surface area contributed by atoms with Gasteiger partial charge in [-0.3, -0.25) is 9.78 Å². The van der Waals surface area contributed by atoms with Crippen LogP contribution in [0.25, 0.3) is 21.9 Å². The number of nitrogens with two attached hydrogens (primary N) is 2. The van der Waals surface area contributed by atoms with Crippen molar-refractivity contribution in [2.75, 3.05) is 30.0 Å². The fourth-order valence-electron chi connectivity index (χ4n) is 4.21. The van der Waals surface area contributed by atoms with Gasteiger partial charge in [-0.15, -0.1) is 0 Å². The van der Waals surface area contributed by atoms with E-state index in [1.807, 2.05) is 0 Å². The molecule has 1 amide bonds. The molecule has 0 bridgehead atoms. The SMILES string of the molecule is Cc1c(N)cncc1-c1cc2cc(NC(=O)C3C4COCC43)ncc2c(N)c1F. The number of nitrogens with one attached hydrogen (secondary N) is 1. The van der Waals surface area contributed by atoms with Crippen LogP contribution in [0.5, 0.6) is 0 Å². The minimum absolute atomic E-state index is 0.00132. The number of halogens is 1. The van der Waals surface area contributed by atoms with Crippen LogP contribution in [0.4, 0.5) is 21.6 Å². The van der Waals surface area contributed by atoms with E-state index in [1.165, 1.54) is 12.4 Å². The van der Waals surface area contributed by atoms with Gasteiger partial charge >= 0.3 is 0 Å². The first-order valence-electron chi connectivity index (χ1n) is 9.42. The van der Waals surface area contributed by atoms with Gasteiger partial charge < -0.3 is 21.5 Å². The Morgan fingerprint density at radius 3 is 2.69 bits per heavy atom. The topological polar surface area (TPSA) is 116 Å². The molecule has 8 heteroatoms. The number of amides is 1. The Morgan fingerprint density at radius 1 is 1.17 bits per heavy atom. The summed E-state index contributed by atoms with van der Waals surface area (Å²) in [6, 6.07) is 3.39. The van der Waals surface area contributed by atoms with E-state index in [0.29, 0.717) is 58.5 Å². The number of aromatic nitrogens is 2. The highest BCUT2D eigenvalue weighted by atomic mass is 19.1. The summed E-state index contributed by atoms with van der Waals surface area (Å²) in [5.74, 6) is 0.416. The van der Waals surface area contributed by atoms with Crippen LogP contribution in [0.2, 0.25) is 0 Å². The van der Waals surface area contributed by atoms with Crippen LogP contribution in [-0.2, 0) is 9.53 Å². The van der Waals surface area contributed by atoms with E-state index in [0.717, 1.165) is 5.56 Å². The Balaban J connectivity index is 1.52. The first kappa shape index (κ1) is 17.8. The summed E-state index contributed by atoms with van der Waals surface area (Å²) >= 11 is 0. The number of pyridine rings is 2. The van der Waals surface area contributed by atoms with Crippen molar-refractivity contribution in [3.05, 3.63) is 42.1 Å². The number of benzene rings is 1. The van der Waals surface area contributed by atoms with Crippen molar-refractivity contribution in [2.45, 2.75) is 6.92 Å². The Morgan fingerprint density at radius 2 is 1.93 bits per heavy atom. The predicted octanol–water partition coefficient (Wildman–Crippen LogP) is 2.74. The molecule has 29 heavy (non-hydrogen) atoms. The number of hydrogen-bond donors (Lipinski definition) is 3. The Hall–Kier alpha value is -3.26. The van der Waals surface area contributed by atoms with Gasteiger partial charge in [0.1, 0.15) is 5.82 Å². The third-order valence-corrected chi connectivity index (χ3v) is 6.05. The normalized spacial score (nSPS) is 22.5. The third kappa shape index (κ3) is 2.79. The monoisotopic (exact) mass is 393 g/mol. The molecule has 1 aliphatic carbocycles. The molecule has 7 nitrogen and oxygen atoms in total. The molecule has 1 aliphatic heterocycles. The molecule has 3 aromatic rings. The molecule has 2 aliphatic rings. The summed E-state index contributed by atoms with van der Waals surface area (Å²) in [4.78, 5) is 20.8. The summed E-state index contributed by atoms with van der Waals surface area (Å²) in [6.45, 7) is 3.09. The highest BCUT2D eigenvalue weighted by Crippen LogP contribution is 2.51. The molecular weight excluding hydrogens is 373 g/mol. The molecule has 2 atom stereocenters. The molecule has 5 N–H and O–H groups in total. The van der Waals surface area contributed by atoms with Crippen LogP contribution >= 0.6 is 0 Å². The van der Waals surface area contributed by atoms with Crippen molar-refractivity contribution in [1.29, 1.82) is 0 Å². The van der Waals surface area contributed by atoms with E-state index in [-0.39, 0.29) is 17.5 Å². The Bertz CT molecular complexity index is 1160. The zero-order valence-corrected chi connectivity index (χ0v) is 15.8. The van der Waals surface area contributed by atoms with Crippen molar-refractivity contribution in [2.24, 2.45) is 17.8 Å². The smallest absolute Gasteiger partial charge is 0.229 e. The molecule has 148 valence electrons. The van der Waals surface area contributed by atoms with Gasteiger partial charge in [-0.2, -0.15) is 0 Å². The van der Waals surface area contributed by atoms with Gasteiger partial charge in [-0.1, -0.05) is 0 Å². The second-order valence-electron chi connectivity index (χ2n) is 7.72. The molecule has 1 saturated carbocycles. The van der Waals surface area contributed by atoms with Gasteiger partial charge in [-0.05, 0) is 41.8 Å². The van der Waals surface area contributed by atoms with Crippen molar-refractivity contribution >= 4 is 33.9 Å². The molecular formula is C21H20FN5O2. The maximum absolute atomic E-state index is 15.0. The first-order chi connectivity index (χ1) is 14.0. The molecule has 1 aromatic carbocycles. The lowest BCUT2D eigenvalue weighted by Crippen LogP contribution is -2.19. The zero-order chi connectivity index (χ0) is 20.3. The number of fused-ring (bicyclic) bond motifs is 2. The Labute approximate surface area is 166 Å². The van der Waals surface area contributed by atoms with Crippen LogP contribution in [-0.4, -0.2) is 29.1 Å². The molecule has 0 spiro atoms. The lowest BCUT2D eigenvalue weighted by molar-refractivity contribution is -0.118. The quantitative estimate of drug-likeness (QED) is 0.589. The third-order valence-electron chi connectivity index (χ3n) is 6.05. The van der Waals surface area contributed by atoms with Crippen molar-refractivity contribution in [1.82, 2.24) is 9.97 Å². The van der Waals surface area contributed by atoms with Gasteiger partial charge in [0.25, 0.3) is 0 Å². The van der Waals surface area contributed by atoms with Gasteiger partial charge in [0.2, 0.25) is 5.91 Å². The highest BCUT2D eigenvalue weighted by molar-refractivity contribution is 6.00. The van der Waals surface area contributed by atoms with Gasteiger partial charge in [0, 0.05) is 34.8 Å². The van der Waals surface area contributed by atoms with Gasteiger partial charge in [0.15, 0.2) is 5.82 Å². The fraction of sp³-hybridized carbons (Fsp3) is 0.286. The summed E-state index contributed by atoms with van der Waals surface area (Å²) in [5.41, 5.74) is 14.1. The van der Waals surface area contributed by atoms with E-state index in [4.69, 9.17) is 16.2 Å². The van der Waals surface area contributed by atoms with Crippen LogP contribution in [0.15, 0.2) is 30.7 Å². The predicted molar refractivity (Wildman–Crippen MR) is 108 cm³/mol. The maximum atomic E-state index is 15.0. The zero-order valence-electron chi connectivity index (χ0n) is 15.8. The summed E-state index contributed by atoms with van der Waals surface area (Å²) < 4.78 is 20.3. The second-order valence-corrected chi connectivity index (χ2v) is 7.72. The number of nitrogen functional groups attached to an aromatic ring is 2. The Kier molecular flexibility index (Phi) is 3.92. The number of ether oxygens (including phenoxy) is 1. The summed E-state index contributed by atoms with van der Waals surface area (Å²) in [7, 11) is 0. The lowest BCUT2D eigenvalue weighted by Gasteiger charge is -2.13. The molecule has 5 rings (SSSR count). The molecule has 2 unspecified atom stereocenters. The minimum atomic E-state index is -0.544. The van der Waals surface area contributed by atoms with Crippen LogP contribution in [0.3, 0.4) is 0 Å². The van der Waals surface area contributed by atoms with Gasteiger partial charge in [0.05, 0.1) is 30.8 Å². The van der Waals surface area contributed by atoms with Gasteiger partial charge in [-0.25, -0.2) is 9.37 Å². The van der Waals surface area contributed by atoms with Crippen LogP contribution < -0.4 is 16.8 Å². The van der Waals surface area contributed by atoms with Crippen LogP contribution in [0, 0.1) is 30.5 Å². The summed E-state index contributed by atoms with van der Waals surface area (Å²) in [5, 5.41) is 4.02. The number of rotatable bonds is 3. The molecule has 2 fully saturated rings. The highest BCUT2D eigenvalue weighted by Gasteiger charge is 2.58.